The van der Waals surface area contributed by atoms with Gasteiger partial charge in [0.2, 0.25) is 11.8 Å². The monoisotopic (exact) mass is 325 g/mol. The van der Waals surface area contributed by atoms with E-state index in [-0.39, 0.29) is 23.9 Å². The lowest BCUT2D eigenvalue weighted by molar-refractivity contribution is -0.141. The molecule has 1 heterocycles. The molecule has 2 N–H and O–H groups in total. The molecule has 7 heteroatoms. The van der Waals surface area contributed by atoms with Crippen LogP contribution in [0.15, 0.2) is 12.7 Å². The highest BCUT2D eigenvalue weighted by Gasteiger charge is 2.37. The summed E-state index contributed by atoms with van der Waals surface area (Å²) in [6.07, 6.45) is 2.54. The number of carbonyl (C=O) groups excluding carboxylic acids is 3. The van der Waals surface area contributed by atoms with Crippen LogP contribution in [0.3, 0.4) is 0 Å². The third-order valence-electron chi connectivity index (χ3n) is 3.90. The smallest absolute Gasteiger partial charge is 0.409 e. The van der Waals surface area contributed by atoms with Crippen LogP contribution in [-0.2, 0) is 14.3 Å². The number of nitrogens with zero attached hydrogens (tertiary/aromatic N) is 1. The molecule has 0 spiro atoms. The Balaban J connectivity index is 2.48. The second kappa shape index (κ2) is 8.55. The van der Waals surface area contributed by atoms with E-state index in [1.54, 1.807) is 31.7 Å². The maximum atomic E-state index is 12.4. The van der Waals surface area contributed by atoms with Gasteiger partial charge in [0.25, 0.3) is 0 Å². The molecule has 1 aliphatic rings. The van der Waals surface area contributed by atoms with Crippen LogP contribution < -0.4 is 10.6 Å². The number of hydrogen-bond donors (Lipinski definition) is 2. The highest BCUT2D eigenvalue weighted by Crippen LogP contribution is 2.18. The summed E-state index contributed by atoms with van der Waals surface area (Å²) in [5.74, 6) is -0.646. The summed E-state index contributed by atoms with van der Waals surface area (Å²) in [5.41, 5.74) is -1.15. The zero-order valence-electron chi connectivity index (χ0n) is 14.2. The van der Waals surface area contributed by atoms with Crippen molar-refractivity contribution in [3.05, 3.63) is 12.7 Å². The first-order valence-corrected chi connectivity index (χ1v) is 7.94. The van der Waals surface area contributed by atoms with Gasteiger partial charge in [-0.1, -0.05) is 6.08 Å². The summed E-state index contributed by atoms with van der Waals surface area (Å²) in [5, 5.41) is 5.54. The van der Waals surface area contributed by atoms with Crippen molar-refractivity contribution in [1.82, 2.24) is 15.5 Å². The van der Waals surface area contributed by atoms with Crippen molar-refractivity contribution in [1.29, 1.82) is 0 Å². The molecule has 1 rings (SSSR count). The topological polar surface area (TPSA) is 87.7 Å². The van der Waals surface area contributed by atoms with Crippen LogP contribution in [0.2, 0.25) is 0 Å². The zero-order valence-corrected chi connectivity index (χ0v) is 14.2. The van der Waals surface area contributed by atoms with E-state index in [1.165, 1.54) is 0 Å². The molecule has 23 heavy (non-hydrogen) atoms. The summed E-state index contributed by atoms with van der Waals surface area (Å²) in [6.45, 7) is 10.2. The molecular weight excluding hydrogens is 298 g/mol. The molecular formula is C16H27N3O4. The molecule has 0 bridgehead atoms. The molecule has 3 amide bonds. The normalized spacial score (nSPS) is 15.7. The Bertz CT molecular complexity index is 454. The first-order chi connectivity index (χ1) is 10.8. The van der Waals surface area contributed by atoms with E-state index in [2.05, 4.69) is 17.2 Å². The molecule has 0 aromatic rings. The lowest BCUT2D eigenvalue weighted by Gasteiger charge is -2.33. The quantitative estimate of drug-likeness (QED) is 0.564. The van der Waals surface area contributed by atoms with Gasteiger partial charge in [-0.05, 0) is 33.6 Å². The van der Waals surface area contributed by atoms with Gasteiger partial charge in [0.1, 0.15) is 5.41 Å². The Labute approximate surface area is 137 Å². The van der Waals surface area contributed by atoms with Crippen LogP contribution >= 0.6 is 0 Å². The first-order valence-electron chi connectivity index (χ1n) is 7.94. The lowest BCUT2D eigenvalue weighted by Crippen LogP contribution is -2.53. The summed E-state index contributed by atoms with van der Waals surface area (Å²) in [6, 6.07) is -0.0420. The van der Waals surface area contributed by atoms with E-state index < -0.39 is 5.41 Å². The molecule has 1 saturated heterocycles. The average molecular weight is 325 g/mol. The van der Waals surface area contributed by atoms with Gasteiger partial charge < -0.3 is 20.3 Å². The van der Waals surface area contributed by atoms with Gasteiger partial charge in [0.05, 0.1) is 6.61 Å². The average Bonchev–Trinajstić information content (AvgIpc) is 2.53. The highest BCUT2D eigenvalue weighted by atomic mass is 16.6. The molecule has 1 aliphatic heterocycles. The molecule has 7 nitrogen and oxygen atoms in total. The van der Waals surface area contributed by atoms with Crippen LogP contribution in [-0.4, -0.2) is 55.1 Å². The SMILES string of the molecule is C=CCNC(=O)C(C)(C)C(=O)NC1CCN(C(=O)OCC)CC1. The third-order valence-corrected chi connectivity index (χ3v) is 3.90. The fourth-order valence-electron chi connectivity index (χ4n) is 2.28. The number of ether oxygens (including phenoxy) is 1. The Hall–Kier alpha value is -2.05. The van der Waals surface area contributed by atoms with Crippen molar-refractivity contribution in [3.63, 3.8) is 0 Å². The van der Waals surface area contributed by atoms with Crippen LogP contribution in [0.5, 0.6) is 0 Å². The van der Waals surface area contributed by atoms with E-state index in [0.717, 1.165) is 0 Å². The second-order valence-electron chi connectivity index (χ2n) is 6.06. The second-order valence-corrected chi connectivity index (χ2v) is 6.06. The van der Waals surface area contributed by atoms with Crippen molar-refractivity contribution < 1.29 is 19.1 Å². The zero-order chi connectivity index (χ0) is 17.5. The van der Waals surface area contributed by atoms with Gasteiger partial charge in [0.15, 0.2) is 0 Å². The fourth-order valence-corrected chi connectivity index (χ4v) is 2.28. The first kappa shape index (κ1) is 19.0. The number of nitrogens with one attached hydrogen (secondary N) is 2. The summed E-state index contributed by atoms with van der Waals surface area (Å²) in [4.78, 5) is 37.6. The summed E-state index contributed by atoms with van der Waals surface area (Å²) >= 11 is 0. The van der Waals surface area contributed by atoms with E-state index >= 15 is 0 Å². The van der Waals surface area contributed by atoms with Gasteiger partial charge in [-0.2, -0.15) is 0 Å². The van der Waals surface area contributed by atoms with Crippen molar-refractivity contribution in [3.8, 4) is 0 Å². The summed E-state index contributed by atoms with van der Waals surface area (Å²) < 4.78 is 4.96. The number of hydrogen-bond acceptors (Lipinski definition) is 4. The molecule has 0 aromatic heterocycles. The molecule has 0 saturated carbocycles. The minimum Gasteiger partial charge on any atom is -0.450 e. The fraction of sp³-hybridized carbons (Fsp3) is 0.688. The predicted octanol–water partition coefficient (Wildman–Crippen LogP) is 1.05. The van der Waals surface area contributed by atoms with Crippen molar-refractivity contribution in [2.24, 2.45) is 5.41 Å². The van der Waals surface area contributed by atoms with Crippen molar-refractivity contribution in [2.45, 2.75) is 39.7 Å². The van der Waals surface area contributed by atoms with Crippen LogP contribution in [0.25, 0.3) is 0 Å². The van der Waals surface area contributed by atoms with E-state index in [4.69, 9.17) is 4.74 Å². The number of rotatable bonds is 6. The van der Waals surface area contributed by atoms with E-state index in [0.29, 0.717) is 39.1 Å². The number of likely N-dealkylation sites (tertiary alicyclic amines) is 1. The summed E-state index contributed by atoms with van der Waals surface area (Å²) in [7, 11) is 0. The highest BCUT2D eigenvalue weighted by molar-refractivity contribution is 6.04. The Morgan fingerprint density at radius 3 is 2.39 bits per heavy atom. The molecule has 0 radical (unpaired) electrons. The van der Waals surface area contributed by atoms with Crippen molar-refractivity contribution in [2.75, 3.05) is 26.2 Å². The molecule has 0 atom stereocenters. The maximum Gasteiger partial charge on any atom is 0.409 e. The van der Waals surface area contributed by atoms with Gasteiger partial charge in [0, 0.05) is 25.7 Å². The van der Waals surface area contributed by atoms with Crippen LogP contribution in [0, 0.1) is 5.41 Å². The standard InChI is InChI=1S/C16H27N3O4/c1-5-9-17-13(20)16(3,4)14(21)18-12-7-10-19(11-8-12)15(22)23-6-2/h5,12H,1,6-11H2,2-4H3,(H,17,20)(H,18,21). The molecule has 0 aliphatic carbocycles. The van der Waals surface area contributed by atoms with Gasteiger partial charge in [-0.25, -0.2) is 4.79 Å². The molecule has 0 unspecified atom stereocenters. The number of carbonyl (C=O) groups is 3. The maximum absolute atomic E-state index is 12.4. The van der Waals surface area contributed by atoms with E-state index in [1.807, 2.05) is 0 Å². The molecule has 1 fully saturated rings. The Morgan fingerprint density at radius 1 is 1.26 bits per heavy atom. The van der Waals surface area contributed by atoms with E-state index in [9.17, 15) is 14.4 Å². The molecule has 130 valence electrons. The Morgan fingerprint density at radius 2 is 1.87 bits per heavy atom. The minimum atomic E-state index is -1.15. The van der Waals surface area contributed by atoms with Crippen LogP contribution in [0.4, 0.5) is 4.79 Å². The predicted molar refractivity (Wildman–Crippen MR) is 86.7 cm³/mol. The largest absolute Gasteiger partial charge is 0.450 e. The lowest BCUT2D eigenvalue weighted by atomic mass is 9.90. The van der Waals surface area contributed by atoms with Gasteiger partial charge in [-0.3, -0.25) is 9.59 Å². The van der Waals surface area contributed by atoms with Crippen LogP contribution in [0.1, 0.15) is 33.6 Å². The number of amides is 3. The molecule has 0 aromatic carbocycles. The minimum absolute atomic E-state index is 0.0420. The number of piperidine rings is 1. The van der Waals surface area contributed by atoms with Gasteiger partial charge in [-0.15, -0.1) is 6.58 Å². The third kappa shape index (κ3) is 5.26. The van der Waals surface area contributed by atoms with Gasteiger partial charge >= 0.3 is 6.09 Å². The van der Waals surface area contributed by atoms with Crippen molar-refractivity contribution >= 4 is 17.9 Å². The Kier molecular flexibility index (Phi) is 7.06.